The Morgan fingerprint density at radius 1 is 0.673 bits per heavy atom. The average Bonchev–Trinajstić information content (AvgIpc) is 3.02. The fourth-order valence-corrected chi connectivity index (χ4v) is 12.7. The van der Waals surface area contributed by atoms with Gasteiger partial charge in [-0.2, -0.15) is 0 Å². The lowest BCUT2D eigenvalue weighted by Gasteiger charge is -2.71. The van der Waals surface area contributed by atoms with Gasteiger partial charge in [0.2, 0.25) is 0 Å². The van der Waals surface area contributed by atoms with E-state index in [9.17, 15) is 29.1 Å². The van der Waals surface area contributed by atoms with Gasteiger partial charge < -0.3 is 24.8 Å². The number of aliphatic carboxylic acids is 3. The van der Waals surface area contributed by atoms with Crippen LogP contribution < -0.4 is 0 Å². The van der Waals surface area contributed by atoms with Crippen molar-refractivity contribution < 1.29 is 48.8 Å². The molecule has 52 heavy (non-hydrogen) atoms. The lowest BCUT2D eigenvalue weighted by molar-refractivity contribution is -0.220. The summed E-state index contributed by atoms with van der Waals surface area (Å²) in [5, 5.41) is 29.0. The van der Waals surface area contributed by atoms with E-state index in [0.717, 1.165) is 32.1 Å². The molecule has 4 saturated carbocycles. The van der Waals surface area contributed by atoms with Crippen molar-refractivity contribution in [2.45, 2.75) is 170 Å². The Bertz CT molecular complexity index is 1460. The normalized spacial score (nSPS) is 38.6. The van der Waals surface area contributed by atoms with Crippen molar-refractivity contribution >= 4 is 29.8 Å². The number of allylic oxidation sites excluding steroid dienone is 2. The van der Waals surface area contributed by atoms with Crippen LogP contribution >= 0.6 is 0 Å². The molecule has 9 atom stereocenters. The molecule has 0 aliphatic heterocycles. The number of fused-ring (bicyclic) bond motifs is 7. The van der Waals surface area contributed by atoms with E-state index >= 15 is 0 Å². The van der Waals surface area contributed by atoms with Crippen LogP contribution in [0.3, 0.4) is 0 Å². The van der Waals surface area contributed by atoms with E-state index in [2.05, 4.69) is 54.5 Å². The van der Waals surface area contributed by atoms with Gasteiger partial charge in [-0.1, -0.05) is 60.1 Å². The highest BCUT2D eigenvalue weighted by atomic mass is 16.5. The fourth-order valence-electron chi connectivity index (χ4n) is 12.7. The number of hydrogen-bond donors (Lipinski definition) is 3. The zero-order valence-electron chi connectivity index (χ0n) is 32.7. The lowest BCUT2D eigenvalue weighted by Crippen LogP contribution is -2.67. The van der Waals surface area contributed by atoms with Crippen LogP contribution in [0.2, 0.25) is 0 Å². The number of ether oxygens (including phenoxy) is 2. The maximum Gasteiger partial charge on any atom is 0.314 e. The summed E-state index contributed by atoms with van der Waals surface area (Å²) in [6.07, 6.45) is 10.4. The number of carboxylic acid groups (broad SMARTS) is 3. The van der Waals surface area contributed by atoms with Gasteiger partial charge in [0.25, 0.3) is 0 Å². The summed E-state index contributed by atoms with van der Waals surface area (Å²) in [6.45, 7) is 16.1. The van der Waals surface area contributed by atoms with E-state index in [0.29, 0.717) is 63.2 Å². The summed E-state index contributed by atoms with van der Waals surface area (Å²) in [5.41, 5.74) is -0.753. The Morgan fingerprint density at radius 2 is 1.23 bits per heavy atom. The van der Waals surface area contributed by atoms with Crippen molar-refractivity contribution in [2.24, 2.45) is 50.2 Å². The number of unbranched alkanes of at least 4 members (excludes halogenated alkanes) is 2. The van der Waals surface area contributed by atoms with Gasteiger partial charge in [0.05, 0.1) is 0 Å². The summed E-state index contributed by atoms with van der Waals surface area (Å²) < 4.78 is 12.3. The second-order valence-electron chi connectivity index (χ2n) is 19.3. The van der Waals surface area contributed by atoms with Crippen LogP contribution in [-0.2, 0) is 33.4 Å². The van der Waals surface area contributed by atoms with E-state index in [1.54, 1.807) is 0 Å². The molecule has 0 aromatic rings. The maximum absolute atomic E-state index is 13.6. The molecule has 0 spiro atoms. The molecule has 10 heteroatoms. The minimum atomic E-state index is -1.21. The molecular weight excluding hydrogens is 664 g/mol. The zero-order valence-corrected chi connectivity index (χ0v) is 32.7. The molecule has 5 rings (SSSR count). The Kier molecular flexibility index (Phi) is 11.1. The van der Waals surface area contributed by atoms with Gasteiger partial charge in [0, 0.05) is 37.0 Å². The van der Waals surface area contributed by atoms with Gasteiger partial charge in [0.1, 0.15) is 17.6 Å². The second kappa shape index (κ2) is 14.4. The quantitative estimate of drug-likeness (QED) is 0.0950. The van der Waals surface area contributed by atoms with Crippen molar-refractivity contribution in [3.8, 4) is 0 Å². The van der Waals surface area contributed by atoms with E-state index < -0.39 is 35.4 Å². The zero-order chi connectivity index (χ0) is 38.5. The summed E-state index contributed by atoms with van der Waals surface area (Å²) >= 11 is 0. The van der Waals surface area contributed by atoms with Gasteiger partial charge in [-0.05, 0) is 117 Å². The Hall–Kier alpha value is -2.91. The first-order valence-corrected chi connectivity index (χ1v) is 19.9. The summed E-state index contributed by atoms with van der Waals surface area (Å²) in [7, 11) is 0. The minimum absolute atomic E-state index is 0.00217. The highest BCUT2D eigenvalue weighted by Gasteiger charge is 2.71. The number of carbonyl (C=O) groups excluding carboxylic acids is 2. The molecule has 292 valence electrons. The molecule has 0 heterocycles. The fraction of sp³-hybridized carbons (Fsp3) is 0.833. The molecule has 0 saturated heterocycles. The average molecular weight is 729 g/mol. The first kappa shape index (κ1) is 40.3. The van der Waals surface area contributed by atoms with E-state index in [-0.39, 0.29) is 70.7 Å². The monoisotopic (exact) mass is 728 g/mol. The summed E-state index contributed by atoms with van der Waals surface area (Å²) in [4.78, 5) is 61.5. The molecule has 0 radical (unpaired) electrons. The third kappa shape index (κ3) is 6.94. The Balaban J connectivity index is 1.39. The molecule has 3 N–H and O–H groups in total. The van der Waals surface area contributed by atoms with Crippen molar-refractivity contribution in [2.75, 3.05) is 0 Å². The molecule has 0 aromatic carbocycles. The molecule has 5 aliphatic rings. The number of carbonyl (C=O) groups is 5. The molecule has 0 unspecified atom stereocenters. The Labute approximate surface area is 309 Å². The first-order valence-electron chi connectivity index (χ1n) is 19.9. The van der Waals surface area contributed by atoms with Gasteiger partial charge in [-0.3, -0.25) is 24.0 Å². The van der Waals surface area contributed by atoms with Crippen LogP contribution in [0, 0.1) is 50.2 Å². The third-order valence-corrected chi connectivity index (χ3v) is 15.6. The third-order valence-electron chi connectivity index (χ3n) is 15.6. The number of hydrogen-bond acceptors (Lipinski definition) is 7. The minimum Gasteiger partial charge on any atom is -0.481 e. The lowest BCUT2D eigenvalue weighted by atomic mass is 9.33. The molecule has 0 aromatic heterocycles. The van der Waals surface area contributed by atoms with E-state index in [1.165, 1.54) is 5.57 Å². The first-order chi connectivity index (χ1) is 24.1. The van der Waals surface area contributed by atoms with Crippen molar-refractivity contribution in [3.63, 3.8) is 0 Å². The molecule has 4 fully saturated rings. The summed E-state index contributed by atoms with van der Waals surface area (Å²) in [6, 6.07) is 0. The van der Waals surface area contributed by atoms with Crippen molar-refractivity contribution in [3.05, 3.63) is 11.6 Å². The van der Waals surface area contributed by atoms with Crippen LogP contribution in [0.4, 0.5) is 0 Å². The smallest absolute Gasteiger partial charge is 0.314 e. The number of rotatable bonds is 13. The van der Waals surface area contributed by atoms with E-state index in [4.69, 9.17) is 19.7 Å². The second-order valence-corrected chi connectivity index (χ2v) is 19.3. The molecule has 5 aliphatic carbocycles. The standard InChI is InChI=1S/C42H64O10/c1-37(2)24-27-26-16-17-29-39(5)20-19-30(51-34(47)14-10-8-12-32(43)44)38(3,4)28(39)18-21-41(29,7)40(26,6)22-23-42(27,36(49)50)31(25-37)52-35(48)15-11-9-13-33(45)46/h16,27-31H,8-15,17-25H2,1-7H3,(H,43,44)(H,45,46)(H,49,50)/t27-,28-,29+,30-,31+,39-,40+,41+,42-/m0/s1. The van der Waals surface area contributed by atoms with Gasteiger partial charge in [-0.25, -0.2) is 0 Å². The van der Waals surface area contributed by atoms with Crippen LogP contribution in [-0.4, -0.2) is 57.4 Å². The molecule has 10 nitrogen and oxygen atoms in total. The predicted molar refractivity (Wildman–Crippen MR) is 194 cm³/mol. The SMILES string of the molecule is CC1(C)C[C@@H](OC(=O)CCCCC(=O)O)[C@]2(C(=O)O)CC[C@]3(C)C(=CC[C@@H]4[C@@]5(C)CC[C@H](OC(=O)CCCCC(=O)O)C(C)(C)[C@@H]5CC[C@]43C)[C@@H]2C1. The topological polar surface area (TPSA) is 164 Å². The van der Waals surface area contributed by atoms with Gasteiger partial charge in [0.15, 0.2) is 0 Å². The van der Waals surface area contributed by atoms with Crippen molar-refractivity contribution in [1.82, 2.24) is 0 Å². The largest absolute Gasteiger partial charge is 0.481 e. The number of esters is 2. The predicted octanol–water partition coefficient (Wildman–Crippen LogP) is 8.60. The molecular formula is C42H64O10. The summed E-state index contributed by atoms with van der Waals surface area (Å²) in [5.74, 6) is -2.89. The maximum atomic E-state index is 13.6. The van der Waals surface area contributed by atoms with Crippen LogP contribution in [0.5, 0.6) is 0 Å². The molecule has 0 amide bonds. The van der Waals surface area contributed by atoms with Crippen molar-refractivity contribution in [1.29, 1.82) is 0 Å². The highest BCUT2D eigenvalue weighted by molar-refractivity contribution is 5.79. The molecule has 0 bridgehead atoms. The Morgan fingerprint density at radius 3 is 1.79 bits per heavy atom. The van der Waals surface area contributed by atoms with E-state index in [1.807, 2.05) is 0 Å². The van der Waals surface area contributed by atoms with Crippen LogP contribution in [0.1, 0.15) is 158 Å². The van der Waals surface area contributed by atoms with Crippen LogP contribution in [0.25, 0.3) is 0 Å². The number of carboxylic acids is 3. The van der Waals surface area contributed by atoms with Gasteiger partial charge >= 0.3 is 29.8 Å². The van der Waals surface area contributed by atoms with Crippen LogP contribution in [0.15, 0.2) is 11.6 Å². The van der Waals surface area contributed by atoms with Gasteiger partial charge in [-0.15, -0.1) is 0 Å². The highest BCUT2D eigenvalue weighted by Crippen LogP contribution is 2.76.